The molecule has 20 heavy (non-hydrogen) atoms. The molecule has 5 nitrogen and oxygen atoms in total. The summed E-state index contributed by atoms with van der Waals surface area (Å²) in [6.45, 7) is 2.51. The molecule has 1 atom stereocenters. The van der Waals surface area contributed by atoms with Gasteiger partial charge in [0.05, 0.1) is 24.7 Å². The van der Waals surface area contributed by atoms with Gasteiger partial charge in [0.25, 0.3) is 5.91 Å². The van der Waals surface area contributed by atoms with E-state index in [0.29, 0.717) is 6.54 Å². The Bertz CT molecular complexity index is 532. The minimum atomic E-state index is -0.981. The Balaban J connectivity index is 2.10. The highest BCUT2D eigenvalue weighted by molar-refractivity contribution is 5.94. The molecule has 108 valence electrons. The molecule has 1 amide bonds. The van der Waals surface area contributed by atoms with Gasteiger partial charge in [-0.25, -0.2) is 4.39 Å². The maximum absolute atomic E-state index is 13.8. The lowest BCUT2D eigenvalue weighted by molar-refractivity contribution is -0.141. The minimum absolute atomic E-state index is 0.00609. The summed E-state index contributed by atoms with van der Waals surface area (Å²) in [5, 5.41) is 8.74. The summed E-state index contributed by atoms with van der Waals surface area (Å²) in [5.74, 6) is -1.97. The van der Waals surface area contributed by atoms with Crippen LogP contribution in [0.5, 0.6) is 0 Å². The lowest BCUT2D eigenvalue weighted by Crippen LogP contribution is -2.46. The van der Waals surface area contributed by atoms with Crippen molar-refractivity contribution in [1.82, 2.24) is 4.90 Å². The molecule has 2 rings (SSSR count). The molecule has 0 spiro atoms. The van der Waals surface area contributed by atoms with Crippen LogP contribution in [0.3, 0.4) is 0 Å². The van der Waals surface area contributed by atoms with Crippen molar-refractivity contribution < 1.29 is 23.8 Å². The van der Waals surface area contributed by atoms with Gasteiger partial charge in [-0.2, -0.15) is 0 Å². The molecule has 0 aliphatic carbocycles. The van der Waals surface area contributed by atoms with Gasteiger partial charge in [0.1, 0.15) is 5.82 Å². The smallest absolute Gasteiger partial charge is 0.306 e. The second-order valence-electron chi connectivity index (χ2n) is 4.83. The van der Waals surface area contributed by atoms with Gasteiger partial charge in [-0.1, -0.05) is 6.07 Å². The Morgan fingerprint density at radius 1 is 1.50 bits per heavy atom. The fourth-order valence-corrected chi connectivity index (χ4v) is 2.19. The monoisotopic (exact) mass is 281 g/mol. The van der Waals surface area contributed by atoms with Crippen LogP contribution in [-0.4, -0.2) is 47.7 Å². The number of carboxylic acid groups (broad SMARTS) is 1. The number of benzene rings is 1. The van der Waals surface area contributed by atoms with Crippen molar-refractivity contribution in [2.24, 2.45) is 0 Å². The molecule has 6 heteroatoms. The van der Waals surface area contributed by atoms with Gasteiger partial charge in [0, 0.05) is 13.1 Å². The van der Waals surface area contributed by atoms with Crippen LogP contribution in [0.15, 0.2) is 18.2 Å². The summed E-state index contributed by atoms with van der Waals surface area (Å²) >= 11 is 0. The van der Waals surface area contributed by atoms with Crippen molar-refractivity contribution in [2.75, 3.05) is 19.7 Å². The number of morpholine rings is 1. The van der Waals surface area contributed by atoms with E-state index in [1.807, 2.05) is 0 Å². The van der Waals surface area contributed by atoms with Crippen molar-refractivity contribution in [3.63, 3.8) is 0 Å². The van der Waals surface area contributed by atoms with E-state index >= 15 is 0 Å². The van der Waals surface area contributed by atoms with Crippen LogP contribution in [0.25, 0.3) is 0 Å². The molecule has 1 N–H and O–H groups in total. The van der Waals surface area contributed by atoms with E-state index in [9.17, 15) is 14.0 Å². The Labute approximate surface area is 116 Å². The number of nitrogens with zero attached hydrogens (tertiary/aromatic N) is 1. The normalized spacial score (nSPS) is 18.9. The van der Waals surface area contributed by atoms with Gasteiger partial charge >= 0.3 is 5.97 Å². The lowest BCUT2D eigenvalue weighted by Gasteiger charge is -2.32. The lowest BCUT2D eigenvalue weighted by atomic mass is 10.1. The van der Waals surface area contributed by atoms with E-state index in [0.717, 1.165) is 5.56 Å². The standard InChI is InChI=1S/C14H16FNO4/c1-9-2-3-11(12(15)6-9)14(19)16-4-5-20-10(8-16)7-13(17)18/h2-3,6,10H,4-5,7-8H2,1H3,(H,17,18). The summed E-state index contributed by atoms with van der Waals surface area (Å²) in [7, 11) is 0. The zero-order chi connectivity index (χ0) is 14.7. The molecule has 1 aromatic rings. The number of carbonyl (C=O) groups excluding carboxylic acids is 1. The third-order valence-electron chi connectivity index (χ3n) is 3.18. The number of carboxylic acids is 1. The first-order valence-electron chi connectivity index (χ1n) is 6.36. The number of halogens is 1. The molecule has 0 saturated carbocycles. The molecular weight excluding hydrogens is 265 g/mol. The molecule has 1 aliphatic heterocycles. The summed E-state index contributed by atoms with van der Waals surface area (Å²) < 4.78 is 19.1. The van der Waals surface area contributed by atoms with Gasteiger partial charge in [-0.3, -0.25) is 9.59 Å². The highest BCUT2D eigenvalue weighted by atomic mass is 19.1. The number of hydrogen-bond acceptors (Lipinski definition) is 3. The molecule has 0 aromatic heterocycles. The SMILES string of the molecule is Cc1ccc(C(=O)N2CCOC(CC(=O)O)C2)c(F)c1. The zero-order valence-corrected chi connectivity index (χ0v) is 11.1. The third kappa shape index (κ3) is 3.33. The molecule has 0 radical (unpaired) electrons. The molecule has 1 saturated heterocycles. The van der Waals surface area contributed by atoms with Gasteiger partial charge in [-0.15, -0.1) is 0 Å². The van der Waals surface area contributed by atoms with Crippen molar-refractivity contribution in [3.05, 3.63) is 35.1 Å². The molecule has 1 aliphatic rings. The van der Waals surface area contributed by atoms with Gasteiger partial charge < -0.3 is 14.7 Å². The third-order valence-corrected chi connectivity index (χ3v) is 3.18. The Hall–Kier alpha value is -1.95. The van der Waals surface area contributed by atoms with E-state index < -0.39 is 23.8 Å². The van der Waals surface area contributed by atoms with Crippen molar-refractivity contribution >= 4 is 11.9 Å². The van der Waals surface area contributed by atoms with Crippen LogP contribution in [-0.2, 0) is 9.53 Å². The Morgan fingerprint density at radius 2 is 2.25 bits per heavy atom. The topological polar surface area (TPSA) is 66.8 Å². The average molecular weight is 281 g/mol. The number of ether oxygens (including phenoxy) is 1. The van der Waals surface area contributed by atoms with Gasteiger partial charge in [-0.05, 0) is 24.6 Å². The summed E-state index contributed by atoms with van der Waals surface area (Å²) in [6.07, 6.45) is -0.709. The van der Waals surface area contributed by atoms with Gasteiger partial charge in [0.2, 0.25) is 0 Å². The van der Waals surface area contributed by atoms with E-state index in [2.05, 4.69) is 0 Å². The Morgan fingerprint density at radius 3 is 2.90 bits per heavy atom. The van der Waals surface area contributed by atoms with Crippen LogP contribution in [0.4, 0.5) is 4.39 Å². The first-order valence-corrected chi connectivity index (χ1v) is 6.36. The highest BCUT2D eigenvalue weighted by Gasteiger charge is 2.27. The number of aryl methyl sites for hydroxylation is 1. The minimum Gasteiger partial charge on any atom is -0.481 e. The van der Waals surface area contributed by atoms with E-state index in [-0.39, 0.29) is 25.1 Å². The summed E-state index contributed by atoms with van der Waals surface area (Å²) in [5.41, 5.74) is 0.747. The van der Waals surface area contributed by atoms with Crippen LogP contribution in [0.2, 0.25) is 0 Å². The average Bonchev–Trinajstić information content (AvgIpc) is 2.37. The van der Waals surface area contributed by atoms with Crippen molar-refractivity contribution in [2.45, 2.75) is 19.4 Å². The predicted molar refractivity (Wildman–Crippen MR) is 69.0 cm³/mol. The second kappa shape index (κ2) is 6.00. The van der Waals surface area contributed by atoms with E-state index in [1.165, 1.54) is 17.0 Å². The van der Waals surface area contributed by atoms with Gasteiger partial charge in [0.15, 0.2) is 0 Å². The quantitative estimate of drug-likeness (QED) is 0.910. The largest absolute Gasteiger partial charge is 0.481 e. The molecule has 0 bridgehead atoms. The number of hydrogen-bond donors (Lipinski definition) is 1. The van der Waals surface area contributed by atoms with Crippen molar-refractivity contribution in [1.29, 1.82) is 0 Å². The Kier molecular flexibility index (Phi) is 4.34. The van der Waals surface area contributed by atoms with E-state index in [4.69, 9.17) is 9.84 Å². The first kappa shape index (κ1) is 14.5. The molecule has 1 fully saturated rings. The van der Waals surface area contributed by atoms with Crippen LogP contribution in [0.1, 0.15) is 22.3 Å². The number of carbonyl (C=O) groups is 2. The summed E-state index contributed by atoms with van der Waals surface area (Å²) in [6, 6.07) is 4.43. The van der Waals surface area contributed by atoms with Crippen molar-refractivity contribution in [3.8, 4) is 0 Å². The number of aliphatic carboxylic acids is 1. The fourth-order valence-electron chi connectivity index (χ4n) is 2.19. The zero-order valence-electron chi connectivity index (χ0n) is 11.1. The second-order valence-corrected chi connectivity index (χ2v) is 4.83. The van der Waals surface area contributed by atoms with Crippen LogP contribution < -0.4 is 0 Å². The predicted octanol–water partition coefficient (Wildman–Crippen LogP) is 1.45. The maximum atomic E-state index is 13.8. The fraction of sp³-hybridized carbons (Fsp3) is 0.429. The number of amides is 1. The van der Waals surface area contributed by atoms with Crippen LogP contribution >= 0.6 is 0 Å². The molecule has 1 unspecified atom stereocenters. The molecular formula is C14H16FNO4. The van der Waals surface area contributed by atoms with Crippen LogP contribution in [0, 0.1) is 12.7 Å². The molecule has 1 aromatic carbocycles. The highest BCUT2D eigenvalue weighted by Crippen LogP contribution is 2.16. The summed E-state index contributed by atoms with van der Waals surface area (Å²) in [4.78, 5) is 24.3. The van der Waals surface area contributed by atoms with E-state index in [1.54, 1.807) is 13.0 Å². The maximum Gasteiger partial charge on any atom is 0.306 e. The molecule has 1 heterocycles. The first-order chi connectivity index (χ1) is 9.47. The number of rotatable bonds is 3.